The lowest BCUT2D eigenvalue weighted by molar-refractivity contribution is 0.0246. The molecule has 0 atom stereocenters. The van der Waals surface area contributed by atoms with Crippen LogP contribution in [0.25, 0.3) is 21.5 Å². The standard InChI is InChI=1S/C26H24FN3O4S/c27-20-12-17(25(31)32)13-21-23(20)28-26(35-21)30-10-8-18(9-11-30)33-14-19-22(15-4-2-1-3-5-15)29-34-24(19)16-6-7-16/h1-5,12-13,16,18H,6-11,14H2,(H,31,32). The minimum atomic E-state index is -1.15. The highest BCUT2D eigenvalue weighted by Gasteiger charge is 2.33. The van der Waals surface area contributed by atoms with Gasteiger partial charge < -0.3 is 19.3 Å². The van der Waals surface area contributed by atoms with Gasteiger partial charge in [-0.2, -0.15) is 0 Å². The van der Waals surface area contributed by atoms with Crippen LogP contribution in [0.4, 0.5) is 9.52 Å². The Labute approximate surface area is 205 Å². The molecule has 0 bridgehead atoms. The molecule has 0 spiro atoms. The fourth-order valence-corrected chi connectivity index (χ4v) is 5.67. The first-order valence-electron chi connectivity index (χ1n) is 11.8. The molecule has 9 heteroatoms. The van der Waals surface area contributed by atoms with Crippen molar-refractivity contribution in [2.45, 2.75) is 44.3 Å². The zero-order valence-corrected chi connectivity index (χ0v) is 19.8. The predicted octanol–water partition coefficient (Wildman–Crippen LogP) is 5.85. The number of carbonyl (C=O) groups is 1. The Kier molecular flexibility index (Phi) is 5.74. The fraction of sp³-hybridized carbons (Fsp3) is 0.346. The first-order valence-corrected chi connectivity index (χ1v) is 12.6. The Hall–Kier alpha value is -3.30. The fourth-order valence-electron chi connectivity index (χ4n) is 4.60. The molecule has 7 nitrogen and oxygen atoms in total. The van der Waals surface area contributed by atoms with Crippen LogP contribution in [0.2, 0.25) is 0 Å². The van der Waals surface area contributed by atoms with E-state index >= 15 is 0 Å². The minimum Gasteiger partial charge on any atom is -0.478 e. The second-order valence-electron chi connectivity index (χ2n) is 9.12. The van der Waals surface area contributed by atoms with Crippen LogP contribution in [0, 0.1) is 5.82 Å². The molecular formula is C26H24FN3O4S. The summed E-state index contributed by atoms with van der Waals surface area (Å²) in [5.74, 6) is -0.346. The van der Waals surface area contributed by atoms with Crippen molar-refractivity contribution in [3.63, 3.8) is 0 Å². The summed E-state index contributed by atoms with van der Waals surface area (Å²) in [6.45, 7) is 1.94. The van der Waals surface area contributed by atoms with E-state index in [9.17, 15) is 14.3 Å². The number of carboxylic acids is 1. The Morgan fingerprint density at radius 1 is 1.17 bits per heavy atom. The van der Waals surface area contributed by atoms with E-state index in [1.165, 1.54) is 17.4 Å². The van der Waals surface area contributed by atoms with Crippen molar-refractivity contribution in [1.82, 2.24) is 10.1 Å². The summed E-state index contributed by atoms with van der Waals surface area (Å²) >= 11 is 1.32. The number of fused-ring (bicyclic) bond motifs is 1. The number of carboxylic acid groups (broad SMARTS) is 1. The number of ether oxygens (including phenoxy) is 1. The van der Waals surface area contributed by atoms with E-state index in [4.69, 9.17) is 9.26 Å². The van der Waals surface area contributed by atoms with Gasteiger partial charge in [0, 0.05) is 30.1 Å². The summed E-state index contributed by atoms with van der Waals surface area (Å²) in [5.41, 5.74) is 3.11. The summed E-state index contributed by atoms with van der Waals surface area (Å²) in [6.07, 6.45) is 4.01. The maximum Gasteiger partial charge on any atom is 0.335 e. The average Bonchev–Trinajstić information content (AvgIpc) is 3.47. The van der Waals surface area contributed by atoms with Gasteiger partial charge in [0.25, 0.3) is 0 Å². The number of anilines is 1. The van der Waals surface area contributed by atoms with E-state index in [-0.39, 0.29) is 17.2 Å². The maximum absolute atomic E-state index is 14.4. The van der Waals surface area contributed by atoms with Crippen LogP contribution in [0.1, 0.15) is 53.3 Å². The largest absolute Gasteiger partial charge is 0.478 e. The number of hydrogen-bond acceptors (Lipinski definition) is 7. The molecule has 1 saturated carbocycles. The third-order valence-electron chi connectivity index (χ3n) is 6.67. The highest BCUT2D eigenvalue weighted by molar-refractivity contribution is 7.22. The van der Waals surface area contributed by atoms with Gasteiger partial charge in [-0.05, 0) is 37.8 Å². The maximum atomic E-state index is 14.4. The first kappa shape index (κ1) is 22.2. The highest BCUT2D eigenvalue weighted by Crippen LogP contribution is 2.44. The number of hydrogen-bond donors (Lipinski definition) is 1. The van der Waals surface area contributed by atoms with Crippen molar-refractivity contribution in [3.05, 3.63) is 65.2 Å². The van der Waals surface area contributed by atoms with Crippen molar-refractivity contribution in [2.24, 2.45) is 0 Å². The Balaban J connectivity index is 1.13. The normalized spacial score (nSPS) is 16.8. The van der Waals surface area contributed by atoms with Crippen LogP contribution in [-0.4, -0.2) is 40.4 Å². The molecule has 35 heavy (non-hydrogen) atoms. The molecule has 2 aliphatic rings. The lowest BCUT2D eigenvalue weighted by Gasteiger charge is -2.31. The Morgan fingerprint density at radius 2 is 1.94 bits per heavy atom. The summed E-state index contributed by atoms with van der Waals surface area (Å²) < 4.78 is 27.0. The highest BCUT2D eigenvalue weighted by atomic mass is 32.1. The van der Waals surface area contributed by atoms with Crippen LogP contribution in [0.5, 0.6) is 0 Å². The molecule has 1 aliphatic carbocycles. The number of halogens is 1. The Bertz CT molecular complexity index is 1370. The quantitative estimate of drug-likeness (QED) is 0.345. The van der Waals surface area contributed by atoms with E-state index in [0.29, 0.717) is 22.4 Å². The van der Waals surface area contributed by atoms with Crippen molar-refractivity contribution in [1.29, 1.82) is 0 Å². The minimum absolute atomic E-state index is 0.0634. The van der Waals surface area contributed by atoms with Gasteiger partial charge in [-0.15, -0.1) is 0 Å². The summed E-state index contributed by atoms with van der Waals surface area (Å²) in [6, 6.07) is 12.6. The molecule has 0 unspecified atom stereocenters. The molecule has 6 rings (SSSR count). The van der Waals surface area contributed by atoms with Gasteiger partial charge in [0.15, 0.2) is 10.9 Å². The summed E-state index contributed by atoms with van der Waals surface area (Å²) in [5, 5.41) is 14.3. The molecule has 1 N–H and O–H groups in total. The molecule has 2 aromatic heterocycles. The molecule has 1 saturated heterocycles. The van der Waals surface area contributed by atoms with Crippen molar-refractivity contribution < 1.29 is 23.6 Å². The van der Waals surface area contributed by atoms with Gasteiger partial charge in [0.2, 0.25) is 0 Å². The third kappa shape index (κ3) is 4.41. The van der Waals surface area contributed by atoms with E-state index in [0.717, 1.165) is 67.4 Å². The number of aromatic carboxylic acids is 1. The second kappa shape index (κ2) is 9.05. The summed E-state index contributed by atoms with van der Waals surface area (Å²) in [7, 11) is 0. The second-order valence-corrected chi connectivity index (χ2v) is 10.1. The van der Waals surface area contributed by atoms with Crippen LogP contribution >= 0.6 is 11.3 Å². The lowest BCUT2D eigenvalue weighted by Crippen LogP contribution is -2.37. The lowest BCUT2D eigenvalue weighted by atomic mass is 10.0. The van der Waals surface area contributed by atoms with Gasteiger partial charge in [0.05, 0.1) is 23.0 Å². The SMILES string of the molecule is O=C(O)c1cc(F)c2nc(N3CCC(OCc4c(-c5ccccc5)noc4C4CC4)CC3)sc2c1. The van der Waals surface area contributed by atoms with Gasteiger partial charge in [-0.3, -0.25) is 0 Å². The molecule has 180 valence electrons. The number of thiazole rings is 1. The van der Waals surface area contributed by atoms with Crippen molar-refractivity contribution >= 4 is 32.7 Å². The van der Waals surface area contributed by atoms with Crippen LogP contribution in [0.15, 0.2) is 47.0 Å². The van der Waals surface area contributed by atoms with Crippen LogP contribution in [-0.2, 0) is 11.3 Å². The zero-order chi connectivity index (χ0) is 23.9. The smallest absolute Gasteiger partial charge is 0.335 e. The van der Waals surface area contributed by atoms with Gasteiger partial charge in [0.1, 0.15) is 17.0 Å². The van der Waals surface area contributed by atoms with Gasteiger partial charge in [-0.25, -0.2) is 14.2 Å². The third-order valence-corrected chi connectivity index (χ3v) is 7.74. The molecule has 1 aliphatic heterocycles. The summed E-state index contributed by atoms with van der Waals surface area (Å²) in [4.78, 5) is 17.8. The zero-order valence-electron chi connectivity index (χ0n) is 18.9. The molecule has 2 fully saturated rings. The van der Waals surface area contributed by atoms with Crippen LogP contribution < -0.4 is 4.90 Å². The number of benzene rings is 2. The molecule has 0 radical (unpaired) electrons. The van der Waals surface area contributed by atoms with E-state index in [2.05, 4.69) is 15.0 Å². The van der Waals surface area contributed by atoms with E-state index < -0.39 is 11.8 Å². The molecule has 3 heterocycles. The van der Waals surface area contributed by atoms with Gasteiger partial charge in [-0.1, -0.05) is 46.8 Å². The average molecular weight is 494 g/mol. The number of aromatic nitrogens is 2. The molecule has 2 aromatic carbocycles. The molecular weight excluding hydrogens is 469 g/mol. The molecule has 0 amide bonds. The number of rotatable bonds is 7. The monoisotopic (exact) mass is 493 g/mol. The topological polar surface area (TPSA) is 88.7 Å². The number of piperidine rings is 1. The van der Waals surface area contributed by atoms with E-state index in [1.807, 2.05) is 30.3 Å². The molecule has 4 aromatic rings. The van der Waals surface area contributed by atoms with Crippen molar-refractivity contribution in [2.75, 3.05) is 18.0 Å². The van der Waals surface area contributed by atoms with E-state index in [1.54, 1.807) is 0 Å². The van der Waals surface area contributed by atoms with Crippen LogP contribution in [0.3, 0.4) is 0 Å². The first-order chi connectivity index (χ1) is 17.1. The van der Waals surface area contributed by atoms with Gasteiger partial charge >= 0.3 is 5.97 Å². The number of nitrogens with zero attached hydrogens (tertiary/aromatic N) is 3. The Morgan fingerprint density at radius 3 is 2.66 bits per heavy atom. The van der Waals surface area contributed by atoms with Crippen molar-refractivity contribution in [3.8, 4) is 11.3 Å². The predicted molar refractivity (Wildman–Crippen MR) is 130 cm³/mol.